The van der Waals surface area contributed by atoms with Crippen LogP contribution in [0.4, 0.5) is 4.79 Å². The van der Waals surface area contributed by atoms with Crippen molar-refractivity contribution in [2.24, 2.45) is 5.92 Å². The van der Waals surface area contributed by atoms with E-state index in [1.54, 1.807) is 37.2 Å². The van der Waals surface area contributed by atoms with E-state index >= 15 is 0 Å². The van der Waals surface area contributed by atoms with Crippen molar-refractivity contribution in [2.75, 3.05) is 40.4 Å². The highest BCUT2D eigenvalue weighted by atomic mass is 16.6. The Hall–Kier alpha value is -2.97. The molecule has 2 N–H and O–H groups in total. The van der Waals surface area contributed by atoms with Gasteiger partial charge in [0.1, 0.15) is 13.2 Å². The number of carbonyl (C=O) groups is 3. The lowest BCUT2D eigenvalue weighted by molar-refractivity contribution is -0.127. The van der Waals surface area contributed by atoms with E-state index in [1.165, 1.54) is 4.90 Å². The Morgan fingerprint density at radius 2 is 1.70 bits per heavy atom. The lowest BCUT2D eigenvalue weighted by Crippen LogP contribution is -2.49. The third-order valence-electron chi connectivity index (χ3n) is 4.62. The molecule has 1 aromatic carbocycles. The van der Waals surface area contributed by atoms with Gasteiger partial charge in [-0.25, -0.2) is 4.79 Å². The lowest BCUT2D eigenvalue weighted by Gasteiger charge is -2.33. The second-order valence-electron chi connectivity index (χ2n) is 6.74. The van der Waals surface area contributed by atoms with Gasteiger partial charge in [-0.3, -0.25) is 20.4 Å². The molecule has 2 aliphatic rings. The average Bonchev–Trinajstić information content (AvgIpc) is 2.70. The Morgan fingerprint density at radius 3 is 2.37 bits per heavy atom. The Morgan fingerprint density at radius 1 is 1.04 bits per heavy atom. The van der Waals surface area contributed by atoms with Crippen LogP contribution in [0.25, 0.3) is 0 Å². The highest BCUT2D eigenvalue weighted by molar-refractivity contribution is 5.96. The molecule has 0 aromatic heterocycles. The molecular formula is C18H24N4O5. The van der Waals surface area contributed by atoms with Crippen molar-refractivity contribution in [1.82, 2.24) is 20.7 Å². The summed E-state index contributed by atoms with van der Waals surface area (Å²) in [6.07, 6.45) is 1.12. The van der Waals surface area contributed by atoms with Crippen molar-refractivity contribution in [1.29, 1.82) is 0 Å². The van der Waals surface area contributed by atoms with Gasteiger partial charge in [-0.2, -0.15) is 0 Å². The summed E-state index contributed by atoms with van der Waals surface area (Å²) in [6.45, 7) is 1.95. The normalized spacial score (nSPS) is 16.4. The third kappa shape index (κ3) is 4.42. The zero-order valence-corrected chi connectivity index (χ0v) is 15.5. The number of carbonyl (C=O) groups excluding carboxylic acids is 3. The van der Waals surface area contributed by atoms with Crippen LogP contribution >= 0.6 is 0 Å². The molecule has 0 saturated carbocycles. The fourth-order valence-electron chi connectivity index (χ4n) is 3.09. The molecule has 2 aliphatic heterocycles. The zero-order valence-electron chi connectivity index (χ0n) is 15.5. The molecule has 0 atom stereocenters. The number of hydrogen-bond acceptors (Lipinski definition) is 5. The number of ether oxygens (including phenoxy) is 2. The predicted octanol–water partition coefficient (Wildman–Crippen LogP) is 0.612. The molecule has 0 unspecified atom stereocenters. The number of nitrogens with one attached hydrogen (secondary N) is 2. The Bertz CT molecular complexity index is 728. The number of hydrogen-bond donors (Lipinski definition) is 2. The molecule has 27 heavy (non-hydrogen) atoms. The highest BCUT2D eigenvalue weighted by Gasteiger charge is 2.28. The summed E-state index contributed by atoms with van der Waals surface area (Å²) in [6, 6.07) is 4.81. The van der Waals surface area contributed by atoms with Crippen molar-refractivity contribution < 1.29 is 23.9 Å². The second-order valence-corrected chi connectivity index (χ2v) is 6.74. The number of rotatable bonds is 2. The molecular weight excluding hydrogens is 352 g/mol. The van der Waals surface area contributed by atoms with Crippen molar-refractivity contribution in [3.05, 3.63) is 23.8 Å². The van der Waals surface area contributed by atoms with Crippen LogP contribution in [0.3, 0.4) is 0 Å². The maximum absolute atomic E-state index is 12.3. The van der Waals surface area contributed by atoms with Crippen LogP contribution in [0.5, 0.6) is 11.5 Å². The molecule has 2 heterocycles. The molecule has 0 bridgehead atoms. The number of nitrogens with zero attached hydrogens (tertiary/aromatic N) is 2. The summed E-state index contributed by atoms with van der Waals surface area (Å²) in [5.74, 6) is 0.189. The lowest BCUT2D eigenvalue weighted by atomic mass is 9.96. The fraction of sp³-hybridized carbons (Fsp3) is 0.500. The van der Waals surface area contributed by atoms with Crippen molar-refractivity contribution in [3.8, 4) is 11.5 Å². The van der Waals surface area contributed by atoms with Crippen LogP contribution in [0.15, 0.2) is 18.2 Å². The first-order valence-corrected chi connectivity index (χ1v) is 8.92. The van der Waals surface area contributed by atoms with E-state index in [2.05, 4.69) is 10.9 Å². The Kier molecular flexibility index (Phi) is 5.68. The number of fused-ring (bicyclic) bond motifs is 1. The maximum atomic E-state index is 12.3. The molecule has 3 rings (SSSR count). The Labute approximate surface area is 157 Å². The standard InChI is InChI=1S/C18H24N4O5/c1-21(2)18(25)22-7-5-12(6-8-22)16(23)19-20-17(24)13-3-4-14-15(11-13)27-10-9-26-14/h3-4,11-12H,5-10H2,1-2H3,(H,19,23)(H,20,24). The SMILES string of the molecule is CN(C)C(=O)N1CCC(C(=O)NNC(=O)c2ccc3c(c2)OCCO3)CC1. The van der Waals surface area contributed by atoms with Crippen molar-refractivity contribution in [2.45, 2.75) is 12.8 Å². The van der Waals surface area contributed by atoms with Crippen LogP contribution < -0.4 is 20.3 Å². The van der Waals surface area contributed by atoms with Gasteiger partial charge in [-0.1, -0.05) is 0 Å². The molecule has 9 nitrogen and oxygen atoms in total. The average molecular weight is 376 g/mol. The monoisotopic (exact) mass is 376 g/mol. The molecule has 4 amide bonds. The van der Waals surface area contributed by atoms with Crippen molar-refractivity contribution >= 4 is 17.8 Å². The first-order chi connectivity index (χ1) is 13.0. The summed E-state index contributed by atoms with van der Waals surface area (Å²) in [7, 11) is 3.41. The summed E-state index contributed by atoms with van der Waals surface area (Å²) in [5.41, 5.74) is 5.27. The maximum Gasteiger partial charge on any atom is 0.319 e. The van der Waals surface area contributed by atoms with Gasteiger partial charge in [0.2, 0.25) is 5.91 Å². The van der Waals surface area contributed by atoms with Gasteiger partial charge in [0.25, 0.3) is 5.91 Å². The summed E-state index contributed by atoms with van der Waals surface area (Å²) in [5, 5.41) is 0. The molecule has 9 heteroatoms. The molecule has 1 fully saturated rings. The smallest absolute Gasteiger partial charge is 0.319 e. The first-order valence-electron chi connectivity index (χ1n) is 8.92. The van der Waals surface area contributed by atoms with E-state index in [0.29, 0.717) is 56.2 Å². The topological polar surface area (TPSA) is 100 Å². The molecule has 0 aliphatic carbocycles. The van der Waals surface area contributed by atoms with Crippen LogP contribution in [-0.4, -0.2) is 68.0 Å². The van der Waals surface area contributed by atoms with Gasteiger partial charge in [0, 0.05) is 38.7 Å². The van der Waals surface area contributed by atoms with Gasteiger partial charge >= 0.3 is 6.03 Å². The highest BCUT2D eigenvalue weighted by Crippen LogP contribution is 2.30. The zero-order chi connectivity index (χ0) is 19.4. The van der Waals surface area contributed by atoms with Gasteiger partial charge < -0.3 is 19.3 Å². The summed E-state index contributed by atoms with van der Waals surface area (Å²) in [4.78, 5) is 39.7. The van der Waals surface area contributed by atoms with E-state index in [9.17, 15) is 14.4 Å². The first kappa shape index (κ1) is 18.8. The quantitative estimate of drug-likeness (QED) is 0.737. The predicted molar refractivity (Wildman–Crippen MR) is 96.4 cm³/mol. The number of likely N-dealkylation sites (tertiary alicyclic amines) is 1. The minimum atomic E-state index is -0.430. The van der Waals surface area contributed by atoms with Gasteiger partial charge in [-0.05, 0) is 31.0 Å². The van der Waals surface area contributed by atoms with Crippen LogP contribution in [-0.2, 0) is 4.79 Å². The van der Waals surface area contributed by atoms with Crippen molar-refractivity contribution in [3.63, 3.8) is 0 Å². The third-order valence-corrected chi connectivity index (χ3v) is 4.62. The largest absolute Gasteiger partial charge is 0.486 e. The van der Waals surface area contributed by atoms with Crippen LogP contribution in [0.1, 0.15) is 23.2 Å². The molecule has 1 saturated heterocycles. The molecule has 0 radical (unpaired) electrons. The number of amides is 4. The number of benzene rings is 1. The van der Waals surface area contributed by atoms with Gasteiger partial charge in [0.05, 0.1) is 0 Å². The van der Waals surface area contributed by atoms with E-state index < -0.39 is 5.91 Å². The molecule has 1 aromatic rings. The minimum Gasteiger partial charge on any atom is -0.486 e. The van der Waals surface area contributed by atoms with E-state index in [4.69, 9.17) is 9.47 Å². The molecule has 146 valence electrons. The summed E-state index contributed by atoms with van der Waals surface area (Å²) >= 11 is 0. The van der Waals surface area contributed by atoms with Gasteiger partial charge in [-0.15, -0.1) is 0 Å². The van der Waals surface area contributed by atoms with Crippen LogP contribution in [0.2, 0.25) is 0 Å². The number of piperidine rings is 1. The van der Waals surface area contributed by atoms with E-state index in [-0.39, 0.29) is 17.9 Å². The van der Waals surface area contributed by atoms with Gasteiger partial charge in [0.15, 0.2) is 11.5 Å². The Balaban J connectivity index is 1.48. The molecule has 0 spiro atoms. The summed E-state index contributed by atoms with van der Waals surface area (Å²) < 4.78 is 10.9. The van der Waals surface area contributed by atoms with E-state index in [1.807, 2.05) is 0 Å². The second kappa shape index (κ2) is 8.15. The van der Waals surface area contributed by atoms with E-state index in [0.717, 1.165) is 0 Å². The minimum absolute atomic E-state index is 0.0548. The number of urea groups is 1. The number of hydrazine groups is 1. The fourth-order valence-corrected chi connectivity index (χ4v) is 3.09. The van der Waals surface area contributed by atoms with Crippen LogP contribution in [0, 0.1) is 5.92 Å².